The molecular formula is C23H36N2O5. The van der Waals surface area contributed by atoms with E-state index >= 15 is 0 Å². The summed E-state index contributed by atoms with van der Waals surface area (Å²) in [5, 5.41) is 6.09. The van der Waals surface area contributed by atoms with E-state index in [1.165, 1.54) is 0 Å². The van der Waals surface area contributed by atoms with Gasteiger partial charge >= 0.3 is 6.09 Å². The topological polar surface area (TPSA) is 85.9 Å². The van der Waals surface area contributed by atoms with E-state index in [-0.39, 0.29) is 12.3 Å². The summed E-state index contributed by atoms with van der Waals surface area (Å²) in [6.07, 6.45) is 5.68. The van der Waals surface area contributed by atoms with Gasteiger partial charge in [-0.1, -0.05) is 31.7 Å². The minimum Gasteiger partial charge on any atom is -0.497 e. The van der Waals surface area contributed by atoms with Crippen molar-refractivity contribution in [3.8, 4) is 11.5 Å². The van der Waals surface area contributed by atoms with Crippen LogP contribution in [0.3, 0.4) is 0 Å². The highest BCUT2D eigenvalue weighted by Crippen LogP contribution is 2.28. The van der Waals surface area contributed by atoms with Gasteiger partial charge in [0.25, 0.3) is 0 Å². The van der Waals surface area contributed by atoms with E-state index in [1.807, 2.05) is 32.9 Å². The van der Waals surface area contributed by atoms with E-state index < -0.39 is 17.2 Å². The maximum atomic E-state index is 12.7. The molecule has 0 bridgehead atoms. The molecule has 0 radical (unpaired) electrons. The number of benzene rings is 1. The SMILES string of the molecule is COc1ccc(CC(=O)NCC2(NC(=O)OC(C)(C)C)CCCCCC2)c(OC)c1. The first-order chi connectivity index (χ1) is 14.2. The number of hydrogen-bond donors (Lipinski definition) is 2. The van der Waals surface area contributed by atoms with Crippen molar-refractivity contribution < 1.29 is 23.8 Å². The van der Waals surface area contributed by atoms with Gasteiger partial charge in [-0.05, 0) is 39.7 Å². The van der Waals surface area contributed by atoms with Crippen molar-refractivity contribution >= 4 is 12.0 Å². The van der Waals surface area contributed by atoms with Crippen LogP contribution in [0, 0.1) is 0 Å². The van der Waals surface area contributed by atoms with E-state index in [1.54, 1.807) is 20.3 Å². The number of hydrogen-bond acceptors (Lipinski definition) is 5. The minimum absolute atomic E-state index is 0.118. The summed E-state index contributed by atoms with van der Waals surface area (Å²) in [6, 6.07) is 5.40. The van der Waals surface area contributed by atoms with Gasteiger partial charge in [-0.3, -0.25) is 4.79 Å². The molecule has 2 rings (SSSR count). The molecule has 7 nitrogen and oxygen atoms in total. The molecule has 2 amide bonds. The second-order valence-corrected chi connectivity index (χ2v) is 8.95. The average Bonchev–Trinajstić information content (AvgIpc) is 2.91. The molecule has 0 atom stereocenters. The second-order valence-electron chi connectivity index (χ2n) is 8.95. The first kappa shape index (κ1) is 23.8. The fourth-order valence-electron chi connectivity index (χ4n) is 3.77. The third-order valence-corrected chi connectivity index (χ3v) is 5.30. The molecule has 1 aromatic rings. The molecule has 0 saturated heterocycles. The van der Waals surface area contributed by atoms with Crippen molar-refractivity contribution in [2.45, 2.75) is 76.9 Å². The Morgan fingerprint density at radius 2 is 1.70 bits per heavy atom. The zero-order valence-electron chi connectivity index (χ0n) is 18.9. The third-order valence-electron chi connectivity index (χ3n) is 5.30. The summed E-state index contributed by atoms with van der Waals surface area (Å²) in [5.74, 6) is 1.17. The molecule has 2 N–H and O–H groups in total. The first-order valence-electron chi connectivity index (χ1n) is 10.7. The number of rotatable bonds is 7. The molecule has 1 aliphatic carbocycles. The summed E-state index contributed by atoms with van der Waals surface area (Å²) < 4.78 is 16.1. The zero-order valence-corrected chi connectivity index (χ0v) is 18.9. The summed E-state index contributed by atoms with van der Waals surface area (Å²) in [5.41, 5.74) is -0.270. The number of carbonyl (C=O) groups is 2. The van der Waals surface area contributed by atoms with Gasteiger partial charge in [-0.25, -0.2) is 4.79 Å². The Hall–Kier alpha value is -2.44. The van der Waals surface area contributed by atoms with Gasteiger partial charge in [0.1, 0.15) is 17.1 Å². The van der Waals surface area contributed by atoms with Crippen molar-refractivity contribution in [1.29, 1.82) is 0 Å². The molecule has 7 heteroatoms. The van der Waals surface area contributed by atoms with Gasteiger partial charge in [0.15, 0.2) is 0 Å². The largest absolute Gasteiger partial charge is 0.497 e. The highest BCUT2D eigenvalue weighted by atomic mass is 16.6. The van der Waals surface area contributed by atoms with Gasteiger partial charge in [0.05, 0.1) is 26.2 Å². The van der Waals surface area contributed by atoms with Crippen molar-refractivity contribution in [1.82, 2.24) is 10.6 Å². The van der Waals surface area contributed by atoms with Gasteiger partial charge in [0.2, 0.25) is 5.91 Å². The van der Waals surface area contributed by atoms with Crippen LogP contribution in [0.1, 0.15) is 64.9 Å². The van der Waals surface area contributed by atoms with Crippen LogP contribution in [0.2, 0.25) is 0 Å². The highest BCUT2D eigenvalue weighted by Gasteiger charge is 2.34. The Labute approximate surface area is 179 Å². The summed E-state index contributed by atoms with van der Waals surface area (Å²) in [7, 11) is 3.16. The quantitative estimate of drug-likeness (QED) is 0.652. The number of methoxy groups -OCH3 is 2. The van der Waals surface area contributed by atoms with Crippen LogP contribution in [-0.4, -0.2) is 43.9 Å². The average molecular weight is 421 g/mol. The van der Waals surface area contributed by atoms with E-state index in [2.05, 4.69) is 10.6 Å². The molecule has 30 heavy (non-hydrogen) atoms. The lowest BCUT2D eigenvalue weighted by atomic mass is 9.90. The van der Waals surface area contributed by atoms with Gasteiger partial charge in [-0.2, -0.15) is 0 Å². The van der Waals surface area contributed by atoms with E-state index in [4.69, 9.17) is 14.2 Å². The van der Waals surface area contributed by atoms with Crippen molar-refractivity contribution in [2.75, 3.05) is 20.8 Å². The Morgan fingerprint density at radius 3 is 2.27 bits per heavy atom. The molecule has 0 unspecified atom stereocenters. The van der Waals surface area contributed by atoms with Crippen LogP contribution in [-0.2, 0) is 16.0 Å². The maximum absolute atomic E-state index is 12.7. The number of alkyl carbamates (subject to hydrolysis) is 1. The lowest BCUT2D eigenvalue weighted by molar-refractivity contribution is -0.120. The monoisotopic (exact) mass is 420 g/mol. The normalized spacial score (nSPS) is 16.2. The van der Waals surface area contributed by atoms with Gasteiger partial charge in [0, 0.05) is 18.2 Å². The predicted molar refractivity (Wildman–Crippen MR) is 116 cm³/mol. The van der Waals surface area contributed by atoms with Gasteiger partial charge < -0.3 is 24.8 Å². The number of amides is 2. The van der Waals surface area contributed by atoms with Crippen LogP contribution in [0.15, 0.2) is 18.2 Å². The maximum Gasteiger partial charge on any atom is 0.408 e. The number of ether oxygens (including phenoxy) is 3. The lowest BCUT2D eigenvalue weighted by Gasteiger charge is -2.35. The van der Waals surface area contributed by atoms with E-state index in [0.717, 1.165) is 44.1 Å². The van der Waals surface area contributed by atoms with Crippen LogP contribution in [0.4, 0.5) is 4.79 Å². The third kappa shape index (κ3) is 7.43. The molecule has 1 saturated carbocycles. The molecule has 1 aromatic carbocycles. The summed E-state index contributed by atoms with van der Waals surface area (Å²) >= 11 is 0. The smallest absolute Gasteiger partial charge is 0.408 e. The fraction of sp³-hybridized carbons (Fsp3) is 0.652. The first-order valence-corrected chi connectivity index (χ1v) is 10.7. The summed E-state index contributed by atoms with van der Waals surface area (Å²) in [4.78, 5) is 25.1. The molecule has 1 fully saturated rings. The molecule has 1 aliphatic rings. The van der Waals surface area contributed by atoms with Crippen molar-refractivity contribution in [2.24, 2.45) is 0 Å². The molecule has 168 valence electrons. The Balaban J connectivity index is 2.04. The Morgan fingerprint density at radius 1 is 1.03 bits per heavy atom. The van der Waals surface area contributed by atoms with Crippen LogP contribution in [0.5, 0.6) is 11.5 Å². The molecule has 0 heterocycles. The molecular weight excluding hydrogens is 384 g/mol. The lowest BCUT2D eigenvalue weighted by Crippen LogP contribution is -2.56. The highest BCUT2D eigenvalue weighted by molar-refractivity contribution is 5.79. The van der Waals surface area contributed by atoms with E-state index in [0.29, 0.717) is 18.0 Å². The van der Waals surface area contributed by atoms with Crippen molar-refractivity contribution in [3.05, 3.63) is 23.8 Å². The molecule has 0 aliphatic heterocycles. The second kappa shape index (κ2) is 10.5. The molecule has 0 aromatic heterocycles. The van der Waals surface area contributed by atoms with Crippen LogP contribution >= 0.6 is 0 Å². The minimum atomic E-state index is -0.565. The van der Waals surface area contributed by atoms with Gasteiger partial charge in [-0.15, -0.1) is 0 Å². The standard InChI is InChI=1S/C23H36N2O5/c1-22(2,3)30-21(27)25-23(12-8-6-7-9-13-23)16-24-20(26)14-17-10-11-18(28-4)15-19(17)29-5/h10-11,15H,6-9,12-14,16H2,1-5H3,(H,24,26)(H,25,27). The number of nitrogens with one attached hydrogen (secondary N) is 2. The Kier molecular flexibility index (Phi) is 8.38. The zero-order chi connectivity index (χ0) is 22.2. The summed E-state index contributed by atoms with van der Waals surface area (Å²) in [6.45, 7) is 5.91. The van der Waals surface area contributed by atoms with E-state index in [9.17, 15) is 9.59 Å². The van der Waals surface area contributed by atoms with Crippen LogP contribution in [0.25, 0.3) is 0 Å². The predicted octanol–water partition coefficient (Wildman–Crippen LogP) is 3.98. The fourth-order valence-corrected chi connectivity index (χ4v) is 3.77. The Bertz CT molecular complexity index is 719. The van der Waals surface area contributed by atoms with Crippen molar-refractivity contribution in [3.63, 3.8) is 0 Å². The molecule has 0 spiro atoms. The number of carbonyl (C=O) groups excluding carboxylic acids is 2. The van der Waals surface area contributed by atoms with Crippen LogP contribution < -0.4 is 20.1 Å².